The molecule has 30 heavy (non-hydrogen) atoms. The molecule has 2 aromatic rings. The Hall–Kier alpha value is -2.96. The maximum absolute atomic E-state index is 14.4. The number of Topliss-reactive ketones (excluding diaryl/α,β-unsaturated/α-hetero) is 1. The number of hydrogen-bond acceptors (Lipinski definition) is 5. The molecule has 0 N–H and O–H groups in total. The molecule has 4 rings (SSSR count). The van der Waals surface area contributed by atoms with Gasteiger partial charge in [0, 0.05) is 36.7 Å². The first kappa shape index (κ1) is 20.3. The molecule has 1 aromatic carbocycles. The molecule has 0 unspecified atom stereocenters. The van der Waals surface area contributed by atoms with Gasteiger partial charge in [0.15, 0.2) is 11.9 Å². The number of fused-ring (bicyclic) bond motifs is 1. The minimum Gasteiger partial charge on any atom is -0.479 e. The van der Waals surface area contributed by atoms with Gasteiger partial charge in [-0.2, -0.15) is 0 Å². The summed E-state index contributed by atoms with van der Waals surface area (Å²) in [7, 11) is 0. The monoisotopic (exact) mass is 412 g/mol. The van der Waals surface area contributed by atoms with Crippen LogP contribution < -0.4 is 14.4 Å². The van der Waals surface area contributed by atoms with Gasteiger partial charge in [0.2, 0.25) is 5.88 Å². The molecule has 1 amide bonds. The Balaban J connectivity index is 1.39. The van der Waals surface area contributed by atoms with E-state index in [0.717, 1.165) is 19.3 Å². The van der Waals surface area contributed by atoms with E-state index in [-0.39, 0.29) is 11.7 Å². The molecule has 1 aliphatic carbocycles. The number of pyridine rings is 1. The summed E-state index contributed by atoms with van der Waals surface area (Å²) in [4.78, 5) is 30.5. The predicted octanol–water partition coefficient (Wildman–Crippen LogP) is 4.10. The SMILES string of the molecule is CCCCCOc1ccc(O[C@@H]2CCN(c3cc(F)c4c(c3)C(=O)CC4)C2=O)cn1. The van der Waals surface area contributed by atoms with Crippen LogP contribution in [0.4, 0.5) is 10.1 Å². The van der Waals surface area contributed by atoms with Crippen LogP contribution in [0, 0.1) is 5.82 Å². The van der Waals surface area contributed by atoms with Gasteiger partial charge in [0.25, 0.3) is 5.91 Å². The maximum atomic E-state index is 14.4. The number of benzene rings is 1. The van der Waals surface area contributed by atoms with Gasteiger partial charge in [-0.3, -0.25) is 9.59 Å². The number of unbranched alkanes of at least 4 members (excludes halogenated alkanes) is 2. The van der Waals surface area contributed by atoms with Crippen molar-refractivity contribution < 1.29 is 23.5 Å². The second-order valence-electron chi connectivity index (χ2n) is 7.65. The highest BCUT2D eigenvalue weighted by Gasteiger charge is 2.36. The van der Waals surface area contributed by atoms with Gasteiger partial charge in [-0.05, 0) is 36.6 Å². The number of rotatable bonds is 8. The van der Waals surface area contributed by atoms with Crippen molar-refractivity contribution in [1.29, 1.82) is 0 Å². The first-order chi connectivity index (χ1) is 14.6. The second-order valence-corrected chi connectivity index (χ2v) is 7.65. The van der Waals surface area contributed by atoms with Gasteiger partial charge in [-0.15, -0.1) is 0 Å². The van der Waals surface area contributed by atoms with Gasteiger partial charge in [0.1, 0.15) is 11.6 Å². The Morgan fingerprint density at radius 1 is 1.20 bits per heavy atom. The molecule has 2 heterocycles. The number of ketones is 1. The summed E-state index contributed by atoms with van der Waals surface area (Å²) < 4.78 is 25.8. The second kappa shape index (κ2) is 8.81. The zero-order valence-electron chi connectivity index (χ0n) is 17.0. The van der Waals surface area contributed by atoms with E-state index in [1.165, 1.54) is 11.0 Å². The number of anilines is 1. The van der Waals surface area contributed by atoms with Crippen molar-refractivity contribution in [1.82, 2.24) is 4.98 Å². The smallest absolute Gasteiger partial charge is 0.268 e. The molecule has 0 saturated carbocycles. The van der Waals surface area contributed by atoms with E-state index < -0.39 is 11.9 Å². The van der Waals surface area contributed by atoms with Gasteiger partial charge >= 0.3 is 0 Å². The number of carbonyl (C=O) groups excluding carboxylic acids is 2. The molecule has 158 valence electrons. The molecular weight excluding hydrogens is 387 g/mol. The van der Waals surface area contributed by atoms with E-state index in [1.807, 2.05) is 0 Å². The largest absolute Gasteiger partial charge is 0.479 e. The standard InChI is InChI=1S/C23H25FN2O4/c1-2-3-4-11-29-22-8-5-16(14-25-22)30-21-9-10-26(23(21)28)15-12-18-17(19(24)13-15)6-7-20(18)27/h5,8,12-14,21H,2-4,6-7,9-11H2,1H3/t21-/m1/s1. The highest BCUT2D eigenvalue weighted by molar-refractivity contribution is 6.04. The van der Waals surface area contributed by atoms with Crippen LogP contribution in [-0.2, 0) is 11.2 Å². The van der Waals surface area contributed by atoms with Gasteiger partial charge in [0.05, 0.1) is 12.8 Å². The van der Waals surface area contributed by atoms with Crippen LogP contribution in [0.5, 0.6) is 11.6 Å². The fourth-order valence-corrected chi connectivity index (χ4v) is 3.89. The normalized spacial score (nSPS) is 18.1. The minimum atomic E-state index is -0.671. The van der Waals surface area contributed by atoms with Crippen molar-refractivity contribution in [3.63, 3.8) is 0 Å². The average molecular weight is 412 g/mol. The lowest BCUT2D eigenvalue weighted by Gasteiger charge is -2.18. The van der Waals surface area contributed by atoms with Crippen LogP contribution in [0.3, 0.4) is 0 Å². The fourth-order valence-electron chi connectivity index (χ4n) is 3.89. The topological polar surface area (TPSA) is 68.7 Å². The summed E-state index contributed by atoms with van der Waals surface area (Å²) in [5.74, 6) is 0.250. The van der Waals surface area contributed by atoms with Crippen molar-refractivity contribution in [3.8, 4) is 11.6 Å². The molecule has 0 bridgehead atoms. The summed E-state index contributed by atoms with van der Waals surface area (Å²) in [6.07, 6.45) is 5.31. The number of aromatic nitrogens is 1. The highest BCUT2D eigenvalue weighted by Crippen LogP contribution is 2.32. The zero-order valence-corrected chi connectivity index (χ0v) is 17.0. The van der Waals surface area contributed by atoms with Gasteiger partial charge in [-0.1, -0.05) is 19.8 Å². The van der Waals surface area contributed by atoms with E-state index in [2.05, 4.69) is 11.9 Å². The Bertz CT molecular complexity index is 945. The number of ether oxygens (including phenoxy) is 2. The molecule has 2 aliphatic rings. The van der Waals surface area contributed by atoms with Crippen molar-refractivity contribution in [3.05, 3.63) is 47.4 Å². The van der Waals surface area contributed by atoms with E-state index >= 15 is 0 Å². The lowest BCUT2D eigenvalue weighted by atomic mass is 10.1. The third-order valence-corrected chi connectivity index (χ3v) is 5.54. The molecule has 1 saturated heterocycles. The highest BCUT2D eigenvalue weighted by atomic mass is 19.1. The third kappa shape index (κ3) is 4.15. The predicted molar refractivity (Wildman–Crippen MR) is 110 cm³/mol. The lowest BCUT2D eigenvalue weighted by Crippen LogP contribution is -2.32. The number of hydrogen-bond donors (Lipinski definition) is 0. The number of amides is 1. The van der Waals surface area contributed by atoms with Crippen molar-refractivity contribution in [2.45, 2.75) is 51.6 Å². The Morgan fingerprint density at radius 2 is 2.07 bits per heavy atom. The summed E-state index contributed by atoms with van der Waals surface area (Å²) in [6.45, 7) is 3.16. The molecule has 1 atom stereocenters. The third-order valence-electron chi connectivity index (χ3n) is 5.54. The van der Waals surface area contributed by atoms with Crippen LogP contribution in [0.2, 0.25) is 0 Å². The lowest BCUT2D eigenvalue weighted by molar-refractivity contribution is -0.122. The fraction of sp³-hybridized carbons (Fsp3) is 0.435. The first-order valence-electron chi connectivity index (χ1n) is 10.5. The average Bonchev–Trinajstić information content (AvgIpc) is 3.30. The summed E-state index contributed by atoms with van der Waals surface area (Å²) >= 11 is 0. The van der Waals surface area contributed by atoms with Gasteiger partial charge < -0.3 is 14.4 Å². The van der Waals surface area contributed by atoms with Gasteiger partial charge in [-0.25, -0.2) is 9.37 Å². The molecule has 1 aromatic heterocycles. The van der Waals surface area contributed by atoms with Crippen molar-refractivity contribution in [2.75, 3.05) is 18.1 Å². The van der Waals surface area contributed by atoms with E-state index in [1.54, 1.807) is 24.4 Å². The number of nitrogens with zero attached hydrogens (tertiary/aromatic N) is 2. The van der Waals surface area contributed by atoms with Crippen LogP contribution in [0.1, 0.15) is 54.9 Å². The summed E-state index contributed by atoms with van der Waals surface area (Å²) in [6, 6.07) is 6.41. The van der Waals surface area contributed by atoms with Crippen LogP contribution >= 0.6 is 0 Å². The summed E-state index contributed by atoms with van der Waals surface area (Å²) in [5.41, 5.74) is 1.25. The Morgan fingerprint density at radius 3 is 2.83 bits per heavy atom. The minimum absolute atomic E-state index is 0.0757. The van der Waals surface area contributed by atoms with E-state index in [9.17, 15) is 14.0 Å². The Kier molecular flexibility index (Phi) is 5.97. The molecule has 1 fully saturated rings. The first-order valence-corrected chi connectivity index (χ1v) is 10.5. The Labute approximate surface area is 175 Å². The number of halogens is 1. The zero-order chi connectivity index (χ0) is 21.1. The summed E-state index contributed by atoms with van der Waals surface area (Å²) in [5, 5.41) is 0. The maximum Gasteiger partial charge on any atom is 0.268 e. The van der Waals surface area contributed by atoms with Crippen LogP contribution in [0.25, 0.3) is 0 Å². The quantitative estimate of drug-likeness (QED) is 0.611. The molecule has 6 nitrogen and oxygen atoms in total. The molecule has 7 heteroatoms. The van der Waals surface area contributed by atoms with Crippen LogP contribution in [-0.4, -0.2) is 35.9 Å². The van der Waals surface area contributed by atoms with Crippen molar-refractivity contribution >= 4 is 17.4 Å². The van der Waals surface area contributed by atoms with Crippen LogP contribution in [0.15, 0.2) is 30.5 Å². The molecule has 0 radical (unpaired) electrons. The number of carbonyl (C=O) groups is 2. The molecule has 0 spiro atoms. The molecular formula is C23H25FN2O4. The van der Waals surface area contributed by atoms with E-state index in [0.29, 0.717) is 60.9 Å². The van der Waals surface area contributed by atoms with E-state index in [4.69, 9.17) is 9.47 Å². The molecule has 1 aliphatic heterocycles. The van der Waals surface area contributed by atoms with Crippen molar-refractivity contribution in [2.24, 2.45) is 0 Å².